The van der Waals surface area contributed by atoms with E-state index in [0.29, 0.717) is 11.7 Å². The van der Waals surface area contributed by atoms with Gasteiger partial charge in [0.05, 0.1) is 13.2 Å². The first-order chi connectivity index (χ1) is 11.1. The van der Waals surface area contributed by atoms with Gasteiger partial charge in [0.25, 0.3) is 0 Å². The van der Waals surface area contributed by atoms with Crippen molar-refractivity contribution in [1.82, 2.24) is 5.32 Å². The number of rotatable bonds is 6. The normalized spacial score (nSPS) is 11.4. The minimum atomic E-state index is 0.0922. The van der Waals surface area contributed by atoms with Gasteiger partial charge in [-0.2, -0.15) is 0 Å². The first-order valence-electron chi connectivity index (χ1n) is 7.48. The van der Waals surface area contributed by atoms with E-state index < -0.39 is 0 Å². The molecule has 5 heteroatoms. The summed E-state index contributed by atoms with van der Waals surface area (Å²) < 4.78 is 10.9. The van der Waals surface area contributed by atoms with E-state index in [0.717, 1.165) is 17.2 Å². The molecule has 0 heterocycles. The van der Waals surface area contributed by atoms with E-state index in [1.165, 1.54) is 5.56 Å². The van der Waals surface area contributed by atoms with Crippen molar-refractivity contribution in [3.63, 3.8) is 0 Å². The maximum atomic E-state index is 5.74. The molecule has 0 fully saturated rings. The van der Waals surface area contributed by atoms with Crippen molar-refractivity contribution < 1.29 is 9.47 Å². The first kappa shape index (κ1) is 17.1. The van der Waals surface area contributed by atoms with Gasteiger partial charge in [0.2, 0.25) is 0 Å². The third-order valence-electron chi connectivity index (χ3n) is 3.25. The average molecular weight is 330 g/mol. The molecule has 2 rings (SSSR count). The molecule has 23 heavy (non-hydrogen) atoms. The zero-order valence-corrected chi connectivity index (χ0v) is 14.4. The molecule has 4 nitrogen and oxygen atoms in total. The number of aryl methyl sites for hydroxylation is 1. The zero-order chi connectivity index (χ0) is 16.7. The van der Waals surface area contributed by atoms with Crippen molar-refractivity contribution in [2.75, 3.05) is 19.0 Å². The molecule has 1 atom stereocenters. The number of methoxy groups -OCH3 is 1. The molecule has 0 bridgehead atoms. The third-order valence-corrected chi connectivity index (χ3v) is 3.47. The van der Waals surface area contributed by atoms with E-state index in [4.69, 9.17) is 21.7 Å². The molecule has 0 saturated carbocycles. The number of hydrogen-bond donors (Lipinski definition) is 2. The Labute approximate surface area is 142 Å². The van der Waals surface area contributed by atoms with Crippen molar-refractivity contribution >= 4 is 23.0 Å². The van der Waals surface area contributed by atoms with Crippen LogP contribution in [0.25, 0.3) is 0 Å². The summed E-state index contributed by atoms with van der Waals surface area (Å²) >= 11 is 5.31. The molecule has 2 aromatic carbocycles. The molecule has 0 aliphatic rings. The van der Waals surface area contributed by atoms with Gasteiger partial charge in [-0.15, -0.1) is 0 Å². The molecule has 2 aromatic rings. The summed E-state index contributed by atoms with van der Waals surface area (Å²) in [6.45, 7) is 4.61. The van der Waals surface area contributed by atoms with Crippen molar-refractivity contribution in [3.8, 4) is 11.5 Å². The molecule has 1 unspecified atom stereocenters. The Bertz CT molecular complexity index is 626. The van der Waals surface area contributed by atoms with Gasteiger partial charge in [0.1, 0.15) is 18.1 Å². The SMILES string of the molecule is COc1ccc(NC(=S)NC(C)COc2ccc(C)cc2)cc1. The highest BCUT2D eigenvalue weighted by Gasteiger charge is 2.06. The van der Waals surface area contributed by atoms with Crippen LogP contribution < -0.4 is 20.1 Å². The van der Waals surface area contributed by atoms with E-state index in [1.807, 2.05) is 55.5 Å². The second-order valence-electron chi connectivity index (χ2n) is 5.35. The van der Waals surface area contributed by atoms with Crippen LogP contribution in [0.5, 0.6) is 11.5 Å². The average Bonchev–Trinajstić information content (AvgIpc) is 2.55. The minimum absolute atomic E-state index is 0.0922. The Hall–Kier alpha value is -2.27. The molecule has 0 aliphatic heterocycles. The molecular formula is C18H22N2O2S. The van der Waals surface area contributed by atoms with Crippen LogP contribution in [0.15, 0.2) is 48.5 Å². The quantitative estimate of drug-likeness (QED) is 0.790. The summed E-state index contributed by atoms with van der Waals surface area (Å²) in [5.41, 5.74) is 2.13. The highest BCUT2D eigenvalue weighted by molar-refractivity contribution is 7.80. The summed E-state index contributed by atoms with van der Waals surface area (Å²) in [5, 5.41) is 6.91. The predicted octanol–water partition coefficient (Wildman–Crippen LogP) is 3.76. The Morgan fingerprint density at radius 1 is 1.04 bits per heavy atom. The second-order valence-corrected chi connectivity index (χ2v) is 5.76. The summed E-state index contributed by atoms with van der Waals surface area (Å²) in [7, 11) is 1.64. The molecule has 0 aromatic heterocycles. The van der Waals surface area contributed by atoms with Crippen LogP contribution in [0.3, 0.4) is 0 Å². The van der Waals surface area contributed by atoms with Gasteiger partial charge in [0, 0.05) is 5.69 Å². The number of hydrogen-bond acceptors (Lipinski definition) is 3. The number of thiocarbonyl (C=S) groups is 1. The minimum Gasteiger partial charge on any atom is -0.497 e. The Balaban J connectivity index is 1.76. The topological polar surface area (TPSA) is 42.5 Å². The molecule has 0 amide bonds. The van der Waals surface area contributed by atoms with Gasteiger partial charge in [-0.1, -0.05) is 17.7 Å². The van der Waals surface area contributed by atoms with Crippen LogP contribution in [0.1, 0.15) is 12.5 Å². The van der Waals surface area contributed by atoms with Crippen LogP contribution in [-0.2, 0) is 0 Å². The standard InChI is InChI=1S/C18H22N2O2S/c1-13-4-8-17(9-5-13)22-12-14(2)19-18(23)20-15-6-10-16(21-3)11-7-15/h4-11,14H,12H2,1-3H3,(H2,19,20,23). The lowest BCUT2D eigenvalue weighted by Gasteiger charge is -2.18. The second kappa shape index (κ2) is 8.39. The molecule has 2 N–H and O–H groups in total. The Morgan fingerprint density at radius 2 is 1.65 bits per heavy atom. The maximum absolute atomic E-state index is 5.74. The van der Waals surface area contributed by atoms with Crippen molar-refractivity contribution in [2.45, 2.75) is 19.9 Å². The lowest BCUT2D eigenvalue weighted by molar-refractivity contribution is 0.287. The lowest BCUT2D eigenvalue weighted by atomic mass is 10.2. The zero-order valence-electron chi connectivity index (χ0n) is 13.6. The van der Waals surface area contributed by atoms with E-state index in [1.54, 1.807) is 7.11 Å². The fourth-order valence-corrected chi connectivity index (χ4v) is 2.28. The van der Waals surface area contributed by atoms with Crippen LogP contribution in [0.4, 0.5) is 5.69 Å². The van der Waals surface area contributed by atoms with Crippen LogP contribution in [-0.4, -0.2) is 24.9 Å². The molecule has 0 radical (unpaired) electrons. The Morgan fingerprint density at radius 3 is 2.26 bits per heavy atom. The molecular weight excluding hydrogens is 308 g/mol. The largest absolute Gasteiger partial charge is 0.497 e. The number of ether oxygens (including phenoxy) is 2. The van der Waals surface area contributed by atoms with Crippen molar-refractivity contribution in [3.05, 3.63) is 54.1 Å². The van der Waals surface area contributed by atoms with Gasteiger partial charge in [-0.25, -0.2) is 0 Å². The summed E-state index contributed by atoms with van der Waals surface area (Å²) in [4.78, 5) is 0. The number of nitrogens with one attached hydrogen (secondary N) is 2. The summed E-state index contributed by atoms with van der Waals surface area (Å²) in [6.07, 6.45) is 0. The Kier molecular flexibility index (Phi) is 6.23. The third kappa shape index (κ3) is 5.79. The smallest absolute Gasteiger partial charge is 0.171 e. The highest BCUT2D eigenvalue weighted by Crippen LogP contribution is 2.15. The van der Waals surface area contributed by atoms with Gasteiger partial charge in [-0.3, -0.25) is 0 Å². The molecule has 0 spiro atoms. The summed E-state index contributed by atoms with van der Waals surface area (Å²) in [6, 6.07) is 15.7. The van der Waals surface area contributed by atoms with Gasteiger partial charge in [0.15, 0.2) is 5.11 Å². The van der Waals surface area contributed by atoms with Crippen LogP contribution >= 0.6 is 12.2 Å². The lowest BCUT2D eigenvalue weighted by Crippen LogP contribution is -2.39. The van der Waals surface area contributed by atoms with Crippen molar-refractivity contribution in [1.29, 1.82) is 0 Å². The number of anilines is 1. The van der Waals surface area contributed by atoms with Crippen molar-refractivity contribution in [2.24, 2.45) is 0 Å². The van der Waals surface area contributed by atoms with Gasteiger partial charge in [-0.05, 0) is 62.5 Å². The van der Waals surface area contributed by atoms with E-state index >= 15 is 0 Å². The molecule has 122 valence electrons. The first-order valence-corrected chi connectivity index (χ1v) is 7.88. The fraction of sp³-hybridized carbons (Fsp3) is 0.278. The predicted molar refractivity (Wildman–Crippen MR) is 98.5 cm³/mol. The van der Waals surface area contributed by atoms with E-state index in [9.17, 15) is 0 Å². The van der Waals surface area contributed by atoms with Gasteiger partial charge < -0.3 is 20.1 Å². The summed E-state index contributed by atoms with van der Waals surface area (Å²) in [5.74, 6) is 1.67. The fourth-order valence-electron chi connectivity index (χ4n) is 1.96. The van der Waals surface area contributed by atoms with Gasteiger partial charge >= 0.3 is 0 Å². The number of benzene rings is 2. The van der Waals surface area contributed by atoms with Crippen LogP contribution in [0.2, 0.25) is 0 Å². The highest BCUT2D eigenvalue weighted by atomic mass is 32.1. The monoisotopic (exact) mass is 330 g/mol. The maximum Gasteiger partial charge on any atom is 0.171 e. The van der Waals surface area contributed by atoms with E-state index in [-0.39, 0.29) is 6.04 Å². The van der Waals surface area contributed by atoms with Crippen LogP contribution in [0, 0.1) is 6.92 Å². The molecule has 0 saturated heterocycles. The molecule has 0 aliphatic carbocycles. The van der Waals surface area contributed by atoms with E-state index in [2.05, 4.69) is 17.6 Å².